The van der Waals surface area contributed by atoms with Gasteiger partial charge in [-0.15, -0.1) is 0 Å². The minimum Gasteiger partial charge on any atom is -0.393 e. The quantitative estimate of drug-likeness (QED) is 0.688. The second-order valence-electron chi connectivity index (χ2n) is 4.08. The first-order valence-corrected chi connectivity index (χ1v) is 4.25. The Morgan fingerprint density at radius 1 is 1.31 bits per heavy atom. The molecule has 1 aliphatic heterocycles. The lowest BCUT2D eigenvalue weighted by Crippen LogP contribution is -2.37. The van der Waals surface area contributed by atoms with Crippen LogP contribution in [0.1, 0.15) is 19.3 Å². The van der Waals surface area contributed by atoms with Crippen LogP contribution in [0.3, 0.4) is 0 Å². The van der Waals surface area contributed by atoms with Crippen LogP contribution in [-0.2, 0) is 4.74 Å². The van der Waals surface area contributed by atoms with Crippen molar-refractivity contribution in [3.05, 3.63) is 0 Å². The lowest BCUT2D eigenvalue weighted by atomic mass is 9.87. The highest BCUT2D eigenvalue weighted by Gasteiger charge is 2.67. The molecular formula is C8H11F3O2. The van der Waals surface area contributed by atoms with Gasteiger partial charge in [0, 0.05) is 0 Å². The average Bonchev–Trinajstić information content (AvgIpc) is 2.60. The number of alkyl halides is 3. The Kier molecular flexibility index (Phi) is 1.70. The molecule has 0 aromatic heterocycles. The van der Waals surface area contributed by atoms with Crippen LogP contribution in [0.25, 0.3) is 0 Å². The van der Waals surface area contributed by atoms with E-state index < -0.39 is 17.2 Å². The van der Waals surface area contributed by atoms with Crippen molar-refractivity contribution in [2.24, 2.45) is 5.41 Å². The Morgan fingerprint density at radius 2 is 2.00 bits per heavy atom. The molecule has 2 bridgehead atoms. The van der Waals surface area contributed by atoms with Crippen LogP contribution >= 0.6 is 0 Å². The average molecular weight is 196 g/mol. The fraction of sp³-hybridized carbons (Fsp3) is 1.00. The molecule has 1 aliphatic carbocycles. The Labute approximate surface area is 73.7 Å². The molecule has 2 fully saturated rings. The standard InChI is InChI=1S/C8H11F3O2/c9-8(10,11)6-1-2-7(3-6,4-12)13-5-6/h12H,1-5H2. The molecule has 0 aromatic rings. The third-order valence-electron chi connectivity index (χ3n) is 3.26. The van der Waals surface area contributed by atoms with E-state index in [1.54, 1.807) is 0 Å². The van der Waals surface area contributed by atoms with Gasteiger partial charge in [0.2, 0.25) is 0 Å². The number of aliphatic hydroxyl groups excluding tert-OH is 1. The van der Waals surface area contributed by atoms with Crippen LogP contribution in [0, 0.1) is 5.41 Å². The molecular weight excluding hydrogens is 185 g/mol. The summed E-state index contributed by atoms with van der Waals surface area (Å²) in [5, 5.41) is 8.93. The summed E-state index contributed by atoms with van der Waals surface area (Å²) < 4.78 is 42.8. The molecule has 1 N–H and O–H groups in total. The second-order valence-corrected chi connectivity index (χ2v) is 4.08. The predicted molar refractivity (Wildman–Crippen MR) is 38.1 cm³/mol. The van der Waals surface area contributed by atoms with Gasteiger partial charge in [0.15, 0.2) is 0 Å². The molecule has 1 saturated heterocycles. The van der Waals surface area contributed by atoms with Crippen molar-refractivity contribution in [3.63, 3.8) is 0 Å². The number of halogens is 3. The Morgan fingerprint density at radius 3 is 2.23 bits per heavy atom. The summed E-state index contributed by atoms with van der Waals surface area (Å²) in [6.45, 7) is -0.581. The number of rotatable bonds is 1. The minimum atomic E-state index is -4.19. The molecule has 2 unspecified atom stereocenters. The fourth-order valence-electron chi connectivity index (χ4n) is 2.30. The van der Waals surface area contributed by atoms with E-state index in [4.69, 9.17) is 9.84 Å². The number of fused-ring (bicyclic) bond motifs is 2. The van der Waals surface area contributed by atoms with E-state index in [0.29, 0.717) is 6.42 Å². The molecule has 5 heteroatoms. The van der Waals surface area contributed by atoms with E-state index in [9.17, 15) is 13.2 Å². The highest BCUT2D eigenvalue weighted by atomic mass is 19.4. The summed E-state index contributed by atoms with van der Waals surface area (Å²) in [6, 6.07) is 0. The molecule has 1 saturated carbocycles. The zero-order valence-electron chi connectivity index (χ0n) is 7.02. The van der Waals surface area contributed by atoms with E-state index in [1.807, 2.05) is 0 Å². The topological polar surface area (TPSA) is 29.5 Å². The zero-order chi connectivity index (χ0) is 9.74. The van der Waals surface area contributed by atoms with Gasteiger partial charge in [-0.3, -0.25) is 0 Å². The van der Waals surface area contributed by atoms with Crippen molar-refractivity contribution in [1.82, 2.24) is 0 Å². The molecule has 0 aromatic carbocycles. The molecule has 0 radical (unpaired) electrons. The first-order valence-electron chi connectivity index (χ1n) is 4.25. The molecule has 13 heavy (non-hydrogen) atoms. The lowest BCUT2D eigenvalue weighted by molar-refractivity contribution is -0.227. The normalized spacial score (nSPS) is 44.3. The van der Waals surface area contributed by atoms with Crippen molar-refractivity contribution in [1.29, 1.82) is 0 Å². The van der Waals surface area contributed by atoms with Crippen LogP contribution in [0.5, 0.6) is 0 Å². The van der Waals surface area contributed by atoms with E-state index in [-0.39, 0.29) is 26.1 Å². The number of hydrogen-bond donors (Lipinski definition) is 1. The maximum atomic E-state index is 12.6. The monoisotopic (exact) mass is 196 g/mol. The van der Waals surface area contributed by atoms with Gasteiger partial charge >= 0.3 is 6.18 Å². The molecule has 76 valence electrons. The van der Waals surface area contributed by atoms with Gasteiger partial charge < -0.3 is 9.84 Å². The van der Waals surface area contributed by atoms with Crippen molar-refractivity contribution >= 4 is 0 Å². The molecule has 0 spiro atoms. The largest absolute Gasteiger partial charge is 0.396 e. The summed E-state index contributed by atoms with van der Waals surface area (Å²) >= 11 is 0. The summed E-state index contributed by atoms with van der Waals surface area (Å²) in [7, 11) is 0. The van der Waals surface area contributed by atoms with E-state index in [1.165, 1.54) is 0 Å². The van der Waals surface area contributed by atoms with Crippen LogP contribution < -0.4 is 0 Å². The molecule has 1 heterocycles. The van der Waals surface area contributed by atoms with Gasteiger partial charge in [-0.1, -0.05) is 0 Å². The summed E-state index contributed by atoms with van der Waals surface area (Å²) in [5.41, 5.74) is -2.56. The first kappa shape index (κ1) is 9.27. The smallest absolute Gasteiger partial charge is 0.393 e. The number of hydrogen-bond acceptors (Lipinski definition) is 2. The third-order valence-corrected chi connectivity index (χ3v) is 3.26. The van der Waals surface area contributed by atoms with Gasteiger partial charge in [-0.25, -0.2) is 0 Å². The minimum absolute atomic E-state index is 0.0694. The van der Waals surface area contributed by atoms with Crippen molar-refractivity contribution in [3.8, 4) is 0 Å². The van der Waals surface area contributed by atoms with Gasteiger partial charge in [0.1, 0.15) is 0 Å². The lowest BCUT2D eigenvalue weighted by Gasteiger charge is -2.28. The maximum Gasteiger partial charge on any atom is 0.396 e. The summed E-state index contributed by atoms with van der Waals surface area (Å²) in [5.74, 6) is 0. The molecule has 2 rings (SSSR count). The van der Waals surface area contributed by atoms with Gasteiger partial charge in [-0.05, 0) is 19.3 Å². The van der Waals surface area contributed by atoms with E-state index in [0.717, 1.165) is 0 Å². The van der Waals surface area contributed by atoms with E-state index in [2.05, 4.69) is 0 Å². The van der Waals surface area contributed by atoms with Crippen molar-refractivity contribution in [2.75, 3.05) is 13.2 Å². The highest BCUT2D eigenvalue weighted by molar-refractivity contribution is 5.07. The Balaban J connectivity index is 2.23. The van der Waals surface area contributed by atoms with Crippen LogP contribution in [0.15, 0.2) is 0 Å². The van der Waals surface area contributed by atoms with Gasteiger partial charge in [-0.2, -0.15) is 13.2 Å². The Bertz CT molecular complexity index is 216. The van der Waals surface area contributed by atoms with Crippen molar-refractivity contribution in [2.45, 2.75) is 31.0 Å². The molecule has 0 amide bonds. The number of aliphatic hydroxyl groups is 1. The highest BCUT2D eigenvalue weighted by Crippen LogP contribution is 2.59. The number of ether oxygens (including phenoxy) is 1. The van der Waals surface area contributed by atoms with Crippen LogP contribution in [0.4, 0.5) is 13.2 Å². The van der Waals surface area contributed by atoms with Gasteiger partial charge in [0.05, 0.1) is 24.2 Å². The predicted octanol–water partition coefficient (Wildman–Crippen LogP) is 1.48. The van der Waals surface area contributed by atoms with Crippen molar-refractivity contribution < 1.29 is 23.0 Å². The third kappa shape index (κ3) is 1.10. The molecule has 2 nitrogen and oxygen atoms in total. The fourth-order valence-corrected chi connectivity index (χ4v) is 2.30. The summed E-state index contributed by atoms with van der Waals surface area (Å²) in [4.78, 5) is 0. The molecule has 2 aliphatic rings. The Hall–Kier alpha value is -0.290. The summed E-state index contributed by atoms with van der Waals surface area (Å²) in [6.07, 6.45) is -3.85. The van der Waals surface area contributed by atoms with Crippen LogP contribution in [0.2, 0.25) is 0 Å². The first-order chi connectivity index (χ1) is 5.93. The zero-order valence-corrected chi connectivity index (χ0v) is 7.02. The second kappa shape index (κ2) is 2.39. The maximum absolute atomic E-state index is 12.6. The molecule has 2 atom stereocenters. The van der Waals surface area contributed by atoms with Gasteiger partial charge in [0.25, 0.3) is 0 Å². The van der Waals surface area contributed by atoms with E-state index >= 15 is 0 Å². The van der Waals surface area contributed by atoms with Crippen LogP contribution in [-0.4, -0.2) is 30.1 Å². The SMILES string of the molecule is OCC12CCC(C(F)(F)F)(CO1)C2.